The number of alkyl halides is 2. The zero-order valence-electron chi connectivity index (χ0n) is 21.0. The van der Waals surface area contributed by atoms with Gasteiger partial charge in [0.15, 0.2) is 11.5 Å². The summed E-state index contributed by atoms with van der Waals surface area (Å²) >= 11 is 0. The van der Waals surface area contributed by atoms with Crippen LogP contribution in [0, 0.1) is 0 Å². The molecular formula is C27H35F2N3O3. The van der Waals surface area contributed by atoms with Crippen LogP contribution >= 0.6 is 0 Å². The molecule has 2 heterocycles. The van der Waals surface area contributed by atoms with Crippen LogP contribution in [-0.4, -0.2) is 70.6 Å². The minimum absolute atomic E-state index is 0.110. The normalized spacial score (nSPS) is 17.5. The highest BCUT2D eigenvalue weighted by molar-refractivity contribution is 5.96. The molecule has 0 saturated carbocycles. The third kappa shape index (κ3) is 5.93. The smallest absolute Gasteiger partial charge is 0.395 e. The monoisotopic (exact) mass is 487 g/mol. The van der Waals surface area contributed by atoms with Crippen molar-refractivity contribution in [3.8, 4) is 11.5 Å². The van der Waals surface area contributed by atoms with E-state index in [1.54, 1.807) is 6.07 Å². The summed E-state index contributed by atoms with van der Waals surface area (Å²) in [4.78, 5) is 19.9. The Bertz CT molecular complexity index is 1080. The van der Waals surface area contributed by atoms with Gasteiger partial charge in [-0.2, -0.15) is 8.78 Å². The maximum atomic E-state index is 13.3. The van der Waals surface area contributed by atoms with Crippen molar-refractivity contribution in [2.24, 2.45) is 0 Å². The Labute approximate surface area is 206 Å². The summed E-state index contributed by atoms with van der Waals surface area (Å²) in [5, 5.41) is 9.88. The highest BCUT2D eigenvalue weighted by Gasteiger charge is 2.34. The minimum Gasteiger partial charge on any atom is -0.504 e. The number of benzene rings is 2. The molecule has 1 fully saturated rings. The van der Waals surface area contributed by atoms with E-state index >= 15 is 0 Å². The van der Waals surface area contributed by atoms with E-state index < -0.39 is 6.11 Å². The average molecular weight is 488 g/mol. The van der Waals surface area contributed by atoms with E-state index in [4.69, 9.17) is 0 Å². The Balaban J connectivity index is 1.43. The first kappa shape index (κ1) is 25.4. The number of aryl methyl sites for hydroxylation is 1. The second-order valence-corrected chi connectivity index (χ2v) is 10.4. The molecular weight excluding hydrogens is 452 g/mol. The summed E-state index contributed by atoms with van der Waals surface area (Å²) in [6, 6.07) is 10.6. The number of rotatable bonds is 7. The number of carbonyl (C=O) groups excluding carboxylic acids is 1. The topological polar surface area (TPSA) is 56.2 Å². The van der Waals surface area contributed by atoms with Crippen LogP contribution < -0.4 is 4.74 Å². The molecule has 1 amide bonds. The lowest BCUT2D eigenvalue weighted by Crippen LogP contribution is -2.47. The minimum atomic E-state index is -3.37. The highest BCUT2D eigenvalue weighted by atomic mass is 19.3. The van der Waals surface area contributed by atoms with E-state index in [0.717, 1.165) is 55.8 Å². The summed E-state index contributed by atoms with van der Waals surface area (Å²) < 4.78 is 31.2. The first-order valence-corrected chi connectivity index (χ1v) is 12.2. The molecule has 2 aliphatic heterocycles. The Morgan fingerprint density at radius 3 is 2.46 bits per heavy atom. The van der Waals surface area contributed by atoms with Gasteiger partial charge in [0.2, 0.25) is 0 Å². The van der Waals surface area contributed by atoms with Crippen LogP contribution in [0.4, 0.5) is 8.78 Å². The van der Waals surface area contributed by atoms with Gasteiger partial charge in [-0.05, 0) is 68.6 Å². The van der Waals surface area contributed by atoms with Crippen LogP contribution in [-0.2, 0) is 19.5 Å². The van der Waals surface area contributed by atoms with Crippen LogP contribution in [0.15, 0.2) is 36.4 Å². The Hall–Kier alpha value is -2.71. The van der Waals surface area contributed by atoms with Gasteiger partial charge in [-0.15, -0.1) is 0 Å². The van der Waals surface area contributed by atoms with Crippen LogP contribution in [0.5, 0.6) is 11.5 Å². The van der Waals surface area contributed by atoms with Gasteiger partial charge in [0.05, 0.1) is 0 Å². The molecule has 0 bridgehead atoms. The highest BCUT2D eigenvalue weighted by Crippen LogP contribution is 2.36. The number of phenolic OH excluding ortho intramolecular Hbond substituents is 1. The zero-order valence-corrected chi connectivity index (χ0v) is 21.0. The number of hydrogen-bond donors (Lipinski definition) is 1. The lowest BCUT2D eigenvalue weighted by Gasteiger charge is -2.36. The molecule has 6 nitrogen and oxygen atoms in total. The molecule has 2 aromatic rings. The van der Waals surface area contributed by atoms with E-state index in [2.05, 4.69) is 41.5 Å². The van der Waals surface area contributed by atoms with Crippen molar-refractivity contribution in [3.63, 3.8) is 0 Å². The van der Waals surface area contributed by atoms with Crippen LogP contribution in [0.2, 0.25) is 0 Å². The van der Waals surface area contributed by atoms with Crippen molar-refractivity contribution < 1.29 is 23.4 Å². The quantitative estimate of drug-likeness (QED) is 0.623. The number of carbonyl (C=O) groups is 1. The number of phenols is 1. The third-order valence-electron chi connectivity index (χ3n) is 7.20. The van der Waals surface area contributed by atoms with Crippen LogP contribution in [0.25, 0.3) is 0 Å². The Morgan fingerprint density at radius 2 is 1.77 bits per heavy atom. The van der Waals surface area contributed by atoms with Gasteiger partial charge in [0.25, 0.3) is 5.91 Å². The van der Waals surface area contributed by atoms with Crippen LogP contribution in [0.1, 0.15) is 54.2 Å². The molecule has 4 rings (SSSR count). The number of halogens is 2. The number of ether oxygens (including phenoxy) is 1. The summed E-state index contributed by atoms with van der Waals surface area (Å²) in [7, 11) is 2.08. The van der Waals surface area contributed by atoms with Gasteiger partial charge in [0.1, 0.15) is 0 Å². The molecule has 0 aliphatic carbocycles. The van der Waals surface area contributed by atoms with Gasteiger partial charge < -0.3 is 19.6 Å². The van der Waals surface area contributed by atoms with Gasteiger partial charge in [-0.1, -0.05) is 18.2 Å². The van der Waals surface area contributed by atoms with Crippen molar-refractivity contribution in [3.05, 3.63) is 58.7 Å². The number of aromatic hydroxyl groups is 1. The largest absolute Gasteiger partial charge is 0.504 e. The van der Waals surface area contributed by atoms with E-state index in [9.17, 15) is 18.7 Å². The maximum absolute atomic E-state index is 13.3. The predicted molar refractivity (Wildman–Crippen MR) is 131 cm³/mol. The van der Waals surface area contributed by atoms with E-state index in [0.29, 0.717) is 19.9 Å². The zero-order chi connectivity index (χ0) is 25.4. The van der Waals surface area contributed by atoms with E-state index in [1.165, 1.54) is 17.7 Å². The molecule has 0 spiro atoms. The lowest BCUT2D eigenvalue weighted by atomic mass is 9.93. The standard InChI is InChI=1S/C27H35F2N3O3/c1-26(2,11-10-19-8-9-23(33)24(16-19)35-27(3,28)29)32-17-20-6-5-7-21(22(20)18-32)25(34)31-14-12-30(4)13-15-31/h5-9,16,33H,10-15,17-18H2,1-4H3. The molecule has 8 heteroatoms. The molecule has 1 saturated heterocycles. The van der Waals surface area contributed by atoms with Crippen molar-refractivity contribution in [2.75, 3.05) is 33.2 Å². The fraction of sp³-hybridized carbons (Fsp3) is 0.519. The number of fused-ring (bicyclic) bond motifs is 1. The van der Waals surface area contributed by atoms with E-state index in [-0.39, 0.29) is 22.9 Å². The van der Waals surface area contributed by atoms with Gasteiger partial charge >= 0.3 is 6.11 Å². The molecule has 0 radical (unpaired) electrons. The molecule has 2 aliphatic rings. The number of nitrogens with zero attached hydrogens (tertiary/aromatic N) is 3. The summed E-state index contributed by atoms with van der Waals surface area (Å²) in [6.07, 6.45) is -1.95. The number of piperazine rings is 1. The molecule has 0 atom stereocenters. The molecule has 190 valence electrons. The molecule has 0 unspecified atom stereocenters. The summed E-state index contributed by atoms with van der Waals surface area (Å²) in [5.41, 5.74) is 3.71. The molecule has 2 aromatic carbocycles. The Morgan fingerprint density at radius 1 is 1.06 bits per heavy atom. The van der Waals surface area contributed by atoms with Crippen molar-refractivity contribution in [1.29, 1.82) is 0 Å². The van der Waals surface area contributed by atoms with Gasteiger partial charge in [-0.3, -0.25) is 9.69 Å². The molecule has 35 heavy (non-hydrogen) atoms. The summed E-state index contributed by atoms with van der Waals surface area (Å²) in [5.74, 6) is -0.408. The second kappa shape index (κ2) is 9.74. The Kier molecular flexibility index (Phi) is 7.06. The fourth-order valence-electron chi connectivity index (χ4n) is 4.83. The van der Waals surface area contributed by atoms with Crippen molar-refractivity contribution in [1.82, 2.24) is 14.7 Å². The lowest BCUT2D eigenvalue weighted by molar-refractivity contribution is -0.159. The number of amides is 1. The average Bonchev–Trinajstić information content (AvgIpc) is 3.24. The first-order chi connectivity index (χ1) is 16.4. The molecule has 0 aromatic heterocycles. The van der Waals surface area contributed by atoms with Crippen molar-refractivity contribution in [2.45, 2.75) is 58.3 Å². The third-order valence-corrected chi connectivity index (χ3v) is 7.20. The summed E-state index contributed by atoms with van der Waals surface area (Å²) in [6.45, 7) is 9.71. The number of hydrogen-bond acceptors (Lipinski definition) is 5. The van der Waals surface area contributed by atoms with Gasteiger partial charge in [-0.25, -0.2) is 0 Å². The van der Waals surface area contributed by atoms with Crippen LogP contribution in [0.3, 0.4) is 0 Å². The second-order valence-electron chi connectivity index (χ2n) is 10.4. The molecule has 1 N–H and O–H groups in total. The maximum Gasteiger partial charge on any atom is 0.395 e. The van der Waals surface area contributed by atoms with Gasteiger partial charge in [0, 0.05) is 57.3 Å². The predicted octanol–water partition coefficient (Wildman–Crippen LogP) is 4.50. The van der Waals surface area contributed by atoms with E-state index in [1.807, 2.05) is 17.0 Å². The number of likely N-dealkylation sites (N-methyl/N-ethyl adjacent to an activating group) is 1. The first-order valence-electron chi connectivity index (χ1n) is 12.2. The SMILES string of the molecule is CN1CCN(C(=O)c2cccc3c2CN(C(C)(C)CCc2ccc(O)c(OC(C)(F)F)c2)C3)CC1. The fourth-order valence-corrected chi connectivity index (χ4v) is 4.83. The van der Waals surface area contributed by atoms with Crippen molar-refractivity contribution >= 4 is 5.91 Å².